The van der Waals surface area contributed by atoms with Crippen molar-refractivity contribution in [1.29, 1.82) is 0 Å². The van der Waals surface area contributed by atoms with Gasteiger partial charge in [0.2, 0.25) is 5.91 Å². The topological polar surface area (TPSA) is 84.9 Å². The van der Waals surface area contributed by atoms with Gasteiger partial charge in [0.1, 0.15) is 17.5 Å². The van der Waals surface area contributed by atoms with E-state index in [-0.39, 0.29) is 23.5 Å². The van der Waals surface area contributed by atoms with E-state index in [0.29, 0.717) is 12.8 Å². The van der Waals surface area contributed by atoms with Gasteiger partial charge in [-0.25, -0.2) is 4.79 Å². The lowest BCUT2D eigenvalue weighted by Gasteiger charge is -2.29. The standard InChI is InChI=1S/C30H35NO5/c1-20(2)18-27(30(34)36-4)31-29(33)26(19-21-8-6-5-7-9-21)28(22-10-14-24(32)15-11-22)23-12-16-25(35-3)17-13-23/h5-17,20,26-28,32H,18-19H2,1-4H3,(H,31,33)/t26-,27+,28?/m1/s1. The van der Waals surface area contributed by atoms with Crippen molar-refractivity contribution in [3.8, 4) is 11.5 Å². The van der Waals surface area contributed by atoms with Crippen LogP contribution in [0.15, 0.2) is 78.9 Å². The van der Waals surface area contributed by atoms with Crippen molar-refractivity contribution in [3.63, 3.8) is 0 Å². The van der Waals surface area contributed by atoms with E-state index in [1.54, 1.807) is 19.2 Å². The zero-order valence-electron chi connectivity index (χ0n) is 21.3. The van der Waals surface area contributed by atoms with E-state index in [9.17, 15) is 14.7 Å². The molecule has 0 aromatic heterocycles. The molecule has 6 heteroatoms. The molecule has 0 fully saturated rings. The van der Waals surface area contributed by atoms with Crippen LogP contribution in [0, 0.1) is 11.8 Å². The Kier molecular flexibility index (Phi) is 9.51. The van der Waals surface area contributed by atoms with Gasteiger partial charge in [0.25, 0.3) is 0 Å². The number of hydrogen-bond acceptors (Lipinski definition) is 5. The molecule has 3 atom stereocenters. The van der Waals surface area contributed by atoms with Crippen LogP contribution in [-0.2, 0) is 20.7 Å². The minimum absolute atomic E-state index is 0.152. The van der Waals surface area contributed by atoms with Crippen LogP contribution in [0.4, 0.5) is 0 Å². The Morgan fingerprint density at radius 3 is 1.97 bits per heavy atom. The first kappa shape index (κ1) is 26.8. The number of esters is 1. The molecule has 2 N–H and O–H groups in total. The van der Waals surface area contributed by atoms with Gasteiger partial charge in [0.05, 0.1) is 20.1 Å². The number of methoxy groups -OCH3 is 2. The number of ether oxygens (including phenoxy) is 2. The van der Waals surface area contributed by atoms with Gasteiger partial charge in [0.15, 0.2) is 0 Å². The molecule has 0 bridgehead atoms. The average Bonchev–Trinajstić information content (AvgIpc) is 2.89. The number of phenols is 1. The van der Waals surface area contributed by atoms with E-state index in [1.807, 2.05) is 80.6 Å². The molecular formula is C30H35NO5. The number of aromatic hydroxyl groups is 1. The zero-order chi connectivity index (χ0) is 26.1. The number of carbonyl (C=O) groups is 2. The zero-order valence-corrected chi connectivity index (χ0v) is 21.3. The SMILES string of the molecule is COC(=O)[C@H](CC(C)C)NC(=O)[C@H](Cc1ccccc1)C(c1ccc(O)cc1)c1ccc(OC)cc1. The third-order valence-corrected chi connectivity index (χ3v) is 6.27. The second-order valence-electron chi connectivity index (χ2n) is 9.35. The molecule has 0 saturated carbocycles. The van der Waals surface area contributed by atoms with Crippen LogP contribution in [0.25, 0.3) is 0 Å². The minimum Gasteiger partial charge on any atom is -0.508 e. The van der Waals surface area contributed by atoms with Gasteiger partial charge in [-0.15, -0.1) is 0 Å². The number of amides is 1. The Bertz CT molecular complexity index is 1110. The Morgan fingerprint density at radius 2 is 1.44 bits per heavy atom. The predicted octanol–water partition coefficient (Wildman–Crippen LogP) is 5.10. The highest BCUT2D eigenvalue weighted by atomic mass is 16.5. The molecule has 36 heavy (non-hydrogen) atoms. The van der Waals surface area contributed by atoms with Gasteiger partial charge >= 0.3 is 5.97 Å². The fourth-order valence-corrected chi connectivity index (χ4v) is 4.49. The highest BCUT2D eigenvalue weighted by Gasteiger charge is 2.34. The Labute approximate surface area is 213 Å². The van der Waals surface area contributed by atoms with Gasteiger partial charge in [-0.3, -0.25) is 4.79 Å². The first-order valence-electron chi connectivity index (χ1n) is 12.2. The van der Waals surface area contributed by atoms with Gasteiger partial charge in [0, 0.05) is 5.92 Å². The van der Waals surface area contributed by atoms with Crippen LogP contribution in [0.3, 0.4) is 0 Å². The number of benzene rings is 3. The molecule has 0 spiro atoms. The van der Waals surface area contributed by atoms with E-state index in [1.165, 1.54) is 7.11 Å². The molecule has 0 aliphatic heterocycles. The Morgan fingerprint density at radius 1 is 0.861 bits per heavy atom. The second kappa shape index (κ2) is 12.8. The molecule has 0 heterocycles. The third-order valence-electron chi connectivity index (χ3n) is 6.27. The smallest absolute Gasteiger partial charge is 0.328 e. The highest BCUT2D eigenvalue weighted by Crippen LogP contribution is 2.36. The molecule has 1 amide bonds. The van der Waals surface area contributed by atoms with Gasteiger partial charge in [-0.2, -0.15) is 0 Å². The van der Waals surface area contributed by atoms with Crippen LogP contribution >= 0.6 is 0 Å². The van der Waals surface area contributed by atoms with E-state index < -0.39 is 17.9 Å². The summed E-state index contributed by atoms with van der Waals surface area (Å²) >= 11 is 0. The van der Waals surface area contributed by atoms with Crippen LogP contribution in [-0.4, -0.2) is 37.2 Å². The van der Waals surface area contributed by atoms with E-state index in [2.05, 4.69) is 5.32 Å². The monoisotopic (exact) mass is 489 g/mol. The lowest BCUT2D eigenvalue weighted by molar-refractivity contribution is -0.146. The van der Waals surface area contributed by atoms with Crippen LogP contribution in [0.2, 0.25) is 0 Å². The summed E-state index contributed by atoms with van der Waals surface area (Å²) in [6, 6.07) is 23.6. The largest absolute Gasteiger partial charge is 0.508 e. The van der Waals surface area contributed by atoms with Crippen LogP contribution < -0.4 is 10.1 Å². The van der Waals surface area contributed by atoms with Gasteiger partial charge in [-0.1, -0.05) is 68.4 Å². The molecular weight excluding hydrogens is 454 g/mol. The normalized spacial score (nSPS) is 13.5. The van der Waals surface area contributed by atoms with Crippen molar-refractivity contribution in [2.45, 2.75) is 38.6 Å². The molecule has 0 saturated heterocycles. The minimum atomic E-state index is -0.739. The van der Waals surface area contributed by atoms with E-state index in [4.69, 9.17) is 9.47 Å². The summed E-state index contributed by atoms with van der Waals surface area (Å²) in [6.45, 7) is 4.00. The molecule has 0 aliphatic carbocycles. The van der Waals surface area contributed by atoms with Crippen LogP contribution in [0.1, 0.15) is 42.9 Å². The first-order chi connectivity index (χ1) is 17.3. The summed E-state index contributed by atoms with van der Waals surface area (Å²) in [4.78, 5) is 26.4. The number of rotatable bonds is 11. The average molecular weight is 490 g/mol. The fourth-order valence-electron chi connectivity index (χ4n) is 4.49. The summed E-state index contributed by atoms with van der Waals surface area (Å²) in [7, 11) is 2.94. The summed E-state index contributed by atoms with van der Waals surface area (Å²) in [5.41, 5.74) is 2.82. The van der Waals surface area contributed by atoms with Crippen molar-refractivity contribution in [3.05, 3.63) is 95.6 Å². The first-order valence-corrected chi connectivity index (χ1v) is 12.2. The highest BCUT2D eigenvalue weighted by molar-refractivity contribution is 5.87. The molecule has 3 rings (SSSR count). The maximum absolute atomic E-state index is 13.9. The summed E-state index contributed by atoms with van der Waals surface area (Å²) in [6.07, 6.45) is 0.933. The van der Waals surface area contributed by atoms with Crippen LogP contribution in [0.5, 0.6) is 11.5 Å². The fraction of sp³-hybridized carbons (Fsp3) is 0.333. The van der Waals surface area contributed by atoms with Gasteiger partial charge in [-0.05, 0) is 59.7 Å². The van der Waals surface area contributed by atoms with Gasteiger partial charge < -0.3 is 19.9 Å². The van der Waals surface area contributed by atoms with Crippen molar-refractivity contribution in [2.24, 2.45) is 11.8 Å². The van der Waals surface area contributed by atoms with Crippen molar-refractivity contribution in [2.75, 3.05) is 14.2 Å². The molecule has 0 radical (unpaired) electrons. The maximum atomic E-state index is 13.9. The van der Waals surface area contributed by atoms with E-state index in [0.717, 1.165) is 22.4 Å². The molecule has 190 valence electrons. The predicted molar refractivity (Wildman–Crippen MR) is 140 cm³/mol. The number of hydrogen-bond donors (Lipinski definition) is 2. The summed E-state index contributed by atoms with van der Waals surface area (Å²) in [5.74, 6) is -0.506. The van der Waals surface area contributed by atoms with Crippen molar-refractivity contribution < 1.29 is 24.2 Å². The molecule has 0 aliphatic rings. The quantitative estimate of drug-likeness (QED) is 0.366. The van der Waals surface area contributed by atoms with E-state index >= 15 is 0 Å². The molecule has 3 aromatic carbocycles. The lowest BCUT2D eigenvalue weighted by Crippen LogP contribution is -2.46. The maximum Gasteiger partial charge on any atom is 0.328 e. The molecule has 6 nitrogen and oxygen atoms in total. The van der Waals surface area contributed by atoms with Crippen molar-refractivity contribution >= 4 is 11.9 Å². The number of phenolic OH excluding ortho intramolecular Hbond substituents is 1. The second-order valence-corrected chi connectivity index (χ2v) is 9.35. The summed E-state index contributed by atoms with van der Waals surface area (Å²) in [5, 5.41) is 12.9. The number of carbonyl (C=O) groups excluding carboxylic acids is 2. The lowest BCUT2D eigenvalue weighted by atomic mass is 9.77. The summed E-state index contributed by atoms with van der Waals surface area (Å²) < 4.78 is 10.3. The Hall–Kier alpha value is -3.80. The van der Waals surface area contributed by atoms with Crippen molar-refractivity contribution in [1.82, 2.24) is 5.32 Å². The Balaban J connectivity index is 2.08. The molecule has 1 unspecified atom stereocenters. The molecule has 3 aromatic rings. The third kappa shape index (κ3) is 7.11. The number of nitrogens with one attached hydrogen (secondary N) is 1.